The Labute approximate surface area is 109 Å². The Morgan fingerprint density at radius 1 is 1.39 bits per heavy atom. The predicted octanol–water partition coefficient (Wildman–Crippen LogP) is 0.148. The Kier molecular flexibility index (Phi) is 6.01. The van der Waals surface area contributed by atoms with Gasteiger partial charge in [-0.05, 0) is 13.3 Å². The van der Waals surface area contributed by atoms with Crippen LogP contribution >= 0.6 is 0 Å². The summed E-state index contributed by atoms with van der Waals surface area (Å²) >= 11 is 0. The lowest BCUT2D eigenvalue weighted by molar-refractivity contribution is -0.0790. The van der Waals surface area contributed by atoms with E-state index in [-0.39, 0.29) is 23.7 Å². The highest BCUT2D eigenvalue weighted by Gasteiger charge is 2.46. The molecular weight excluding hydrogens is 234 g/mol. The van der Waals surface area contributed by atoms with Gasteiger partial charge in [0.15, 0.2) is 0 Å². The third-order valence-corrected chi connectivity index (χ3v) is 3.79. The van der Waals surface area contributed by atoms with E-state index in [1.165, 1.54) is 0 Å². The van der Waals surface area contributed by atoms with Gasteiger partial charge in [0.25, 0.3) is 0 Å². The highest BCUT2D eigenvalue weighted by molar-refractivity contribution is 5.01. The Hall–Kier alpha value is -0.200. The molecule has 0 bridgehead atoms. The first-order valence-corrected chi connectivity index (χ1v) is 6.58. The van der Waals surface area contributed by atoms with E-state index >= 15 is 0 Å². The van der Waals surface area contributed by atoms with Crippen molar-refractivity contribution >= 4 is 0 Å². The SMILES string of the molecule is COCC(C)OCC(O)CNC1CC(O)C1(C)C. The molecule has 1 aliphatic carbocycles. The minimum atomic E-state index is -0.530. The van der Waals surface area contributed by atoms with E-state index in [0.717, 1.165) is 6.42 Å². The molecule has 0 amide bonds. The van der Waals surface area contributed by atoms with Gasteiger partial charge in [0.1, 0.15) is 0 Å². The molecule has 0 saturated heterocycles. The van der Waals surface area contributed by atoms with Gasteiger partial charge in [0.2, 0.25) is 0 Å². The second-order valence-electron chi connectivity index (χ2n) is 5.79. The lowest BCUT2D eigenvalue weighted by atomic mass is 9.64. The van der Waals surface area contributed by atoms with E-state index < -0.39 is 6.10 Å². The van der Waals surface area contributed by atoms with Crippen molar-refractivity contribution in [2.24, 2.45) is 5.41 Å². The maximum Gasteiger partial charge on any atom is 0.0897 e. The van der Waals surface area contributed by atoms with E-state index in [9.17, 15) is 10.2 Å². The van der Waals surface area contributed by atoms with Gasteiger partial charge in [-0.25, -0.2) is 0 Å². The Morgan fingerprint density at radius 2 is 2.06 bits per heavy atom. The number of hydrogen-bond donors (Lipinski definition) is 3. The summed E-state index contributed by atoms with van der Waals surface area (Å²) in [7, 11) is 1.63. The molecule has 0 aliphatic heterocycles. The van der Waals surface area contributed by atoms with E-state index in [1.54, 1.807) is 7.11 Å². The monoisotopic (exact) mass is 261 g/mol. The number of aliphatic hydroxyl groups excluding tert-OH is 2. The van der Waals surface area contributed by atoms with Crippen LogP contribution in [0.15, 0.2) is 0 Å². The number of hydrogen-bond acceptors (Lipinski definition) is 5. The molecule has 1 fully saturated rings. The van der Waals surface area contributed by atoms with Crippen LogP contribution in [0, 0.1) is 5.41 Å². The second kappa shape index (κ2) is 6.82. The smallest absolute Gasteiger partial charge is 0.0897 e. The summed E-state index contributed by atoms with van der Waals surface area (Å²) in [5.41, 5.74) is -0.107. The largest absolute Gasteiger partial charge is 0.392 e. The first kappa shape index (κ1) is 15.9. The number of rotatable bonds is 8. The minimum absolute atomic E-state index is 0.00776. The van der Waals surface area contributed by atoms with E-state index in [1.807, 2.05) is 20.8 Å². The van der Waals surface area contributed by atoms with Crippen molar-refractivity contribution in [3.8, 4) is 0 Å². The van der Waals surface area contributed by atoms with Crippen molar-refractivity contribution in [3.05, 3.63) is 0 Å². The van der Waals surface area contributed by atoms with Crippen molar-refractivity contribution < 1.29 is 19.7 Å². The predicted molar refractivity (Wildman–Crippen MR) is 69.5 cm³/mol. The molecule has 18 heavy (non-hydrogen) atoms. The van der Waals surface area contributed by atoms with Crippen molar-refractivity contribution in [2.75, 3.05) is 26.9 Å². The normalized spacial score (nSPS) is 29.7. The van der Waals surface area contributed by atoms with Crippen molar-refractivity contribution in [1.82, 2.24) is 5.32 Å². The van der Waals surface area contributed by atoms with Crippen LogP contribution < -0.4 is 5.32 Å². The van der Waals surface area contributed by atoms with Gasteiger partial charge in [-0.2, -0.15) is 0 Å². The maximum atomic E-state index is 9.78. The molecule has 5 nitrogen and oxygen atoms in total. The van der Waals surface area contributed by atoms with E-state index in [4.69, 9.17) is 9.47 Å². The molecule has 1 aliphatic rings. The number of ether oxygens (including phenoxy) is 2. The van der Waals surface area contributed by atoms with Crippen molar-refractivity contribution in [3.63, 3.8) is 0 Å². The van der Waals surface area contributed by atoms with Crippen LogP contribution in [-0.2, 0) is 9.47 Å². The molecule has 0 spiro atoms. The van der Waals surface area contributed by atoms with Crippen LogP contribution in [0.25, 0.3) is 0 Å². The standard InChI is InChI=1S/C13H27NO4/c1-9(7-17-4)18-8-10(15)6-14-11-5-12(16)13(11,2)3/h9-12,14-16H,5-8H2,1-4H3. The van der Waals surface area contributed by atoms with Gasteiger partial charge in [-0.1, -0.05) is 13.8 Å². The highest BCUT2D eigenvalue weighted by Crippen LogP contribution is 2.40. The maximum absolute atomic E-state index is 9.78. The van der Waals surface area contributed by atoms with Crippen LogP contribution in [0.5, 0.6) is 0 Å². The summed E-state index contributed by atoms with van der Waals surface area (Å²) in [6, 6.07) is 0.263. The Morgan fingerprint density at radius 3 is 2.56 bits per heavy atom. The number of nitrogens with one attached hydrogen (secondary N) is 1. The minimum Gasteiger partial charge on any atom is -0.392 e. The highest BCUT2D eigenvalue weighted by atomic mass is 16.5. The van der Waals surface area contributed by atoms with Gasteiger partial charge in [-0.15, -0.1) is 0 Å². The van der Waals surface area contributed by atoms with Crippen LogP contribution in [0.3, 0.4) is 0 Å². The number of methoxy groups -OCH3 is 1. The van der Waals surface area contributed by atoms with Gasteiger partial charge in [0, 0.05) is 25.1 Å². The molecule has 0 heterocycles. The molecule has 5 heteroatoms. The summed E-state index contributed by atoms with van der Waals surface area (Å²) in [5.74, 6) is 0. The van der Waals surface area contributed by atoms with Crippen LogP contribution in [0.2, 0.25) is 0 Å². The van der Waals surface area contributed by atoms with Crippen LogP contribution in [0.1, 0.15) is 27.2 Å². The van der Waals surface area contributed by atoms with Gasteiger partial charge in [-0.3, -0.25) is 0 Å². The molecule has 108 valence electrons. The topological polar surface area (TPSA) is 71.0 Å². The lowest BCUT2D eigenvalue weighted by Gasteiger charge is -2.49. The molecule has 1 saturated carbocycles. The molecule has 0 aromatic rings. The van der Waals surface area contributed by atoms with Crippen molar-refractivity contribution in [2.45, 2.75) is 51.5 Å². The van der Waals surface area contributed by atoms with Crippen molar-refractivity contribution in [1.29, 1.82) is 0 Å². The molecule has 0 aromatic carbocycles. The zero-order valence-corrected chi connectivity index (χ0v) is 11.8. The molecule has 1 rings (SSSR count). The zero-order chi connectivity index (χ0) is 13.8. The fourth-order valence-electron chi connectivity index (χ4n) is 2.14. The average molecular weight is 261 g/mol. The second-order valence-corrected chi connectivity index (χ2v) is 5.79. The average Bonchev–Trinajstić information content (AvgIpc) is 2.32. The lowest BCUT2D eigenvalue weighted by Crippen LogP contribution is -2.61. The number of aliphatic hydroxyl groups is 2. The van der Waals surface area contributed by atoms with E-state index in [0.29, 0.717) is 19.8 Å². The van der Waals surface area contributed by atoms with E-state index in [2.05, 4.69) is 5.32 Å². The molecule has 0 aromatic heterocycles. The molecular formula is C13H27NO4. The first-order chi connectivity index (χ1) is 8.37. The summed E-state index contributed by atoms with van der Waals surface area (Å²) in [5, 5.41) is 22.7. The van der Waals surface area contributed by atoms with Crippen LogP contribution in [0.4, 0.5) is 0 Å². The Balaban J connectivity index is 2.12. The molecule has 4 unspecified atom stereocenters. The molecule has 0 radical (unpaired) electrons. The fourth-order valence-corrected chi connectivity index (χ4v) is 2.14. The summed E-state index contributed by atoms with van der Waals surface area (Å²) in [6.07, 6.45) is -0.0321. The third-order valence-electron chi connectivity index (χ3n) is 3.79. The van der Waals surface area contributed by atoms with Gasteiger partial charge < -0.3 is 25.0 Å². The first-order valence-electron chi connectivity index (χ1n) is 6.58. The zero-order valence-electron chi connectivity index (χ0n) is 11.8. The summed E-state index contributed by atoms with van der Waals surface area (Å²) in [4.78, 5) is 0. The molecule has 4 atom stereocenters. The quantitative estimate of drug-likeness (QED) is 0.580. The summed E-state index contributed by atoms with van der Waals surface area (Å²) in [6.45, 7) is 7.29. The van der Waals surface area contributed by atoms with Gasteiger partial charge in [0.05, 0.1) is 31.5 Å². The third kappa shape index (κ3) is 4.17. The summed E-state index contributed by atoms with van der Waals surface area (Å²) < 4.78 is 10.4. The fraction of sp³-hybridized carbons (Fsp3) is 1.00. The van der Waals surface area contributed by atoms with Crippen LogP contribution in [-0.4, -0.2) is 61.4 Å². The van der Waals surface area contributed by atoms with Gasteiger partial charge >= 0.3 is 0 Å². The molecule has 3 N–H and O–H groups in total. The Bertz CT molecular complexity index is 247.